The topological polar surface area (TPSA) is 36.4 Å². The van der Waals surface area contributed by atoms with Crippen LogP contribution in [0.1, 0.15) is 32.1 Å². The van der Waals surface area contributed by atoms with Crippen LogP contribution in [0.25, 0.3) is 0 Å². The van der Waals surface area contributed by atoms with Gasteiger partial charge in [-0.25, -0.2) is 0 Å². The molecule has 0 bridgehead atoms. The van der Waals surface area contributed by atoms with E-state index in [1.54, 1.807) is 0 Å². The lowest BCUT2D eigenvalue weighted by Gasteiger charge is -2.25. The summed E-state index contributed by atoms with van der Waals surface area (Å²) in [7, 11) is 0. The van der Waals surface area contributed by atoms with Crippen LogP contribution in [0.2, 0.25) is 0 Å². The van der Waals surface area contributed by atoms with Crippen molar-refractivity contribution in [2.24, 2.45) is 22.7 Å². The first-order chi connectivity index (χ1) is 7.43. The van der Waals surface area contributed by atoms with E-state index in [-0.39, 0.29) is 0 Å². The lowest BCUT2D eigenvalue weighted by Crippen LogP contribution is -2.41. The maximum atomic E-state index is 4.43. The van der Waals surface area contributed by atoms with E-state index in [1.807, 2.05) is 0 Å². The van der Waals surface area contributed by atoms with E-state index in [4.69, 9.17) is 0 Å². The molecular weight excluding hydrogens is 186 g/mol. The molecule has 3 rings (SSSR count). The minimum absolute atomic E-state index is 0.946. The summed E-state index contributed by atoms with van der Waals surface area (Å²) in [4.78, 5) is 4.43. The minimum atomic E-state index is 0.946. The molecule has 0 radical (unpaired) electrons. The molecule has 0 aromatic carbocycles. The molecule has 3 aliphatic rings. The number of hydrogen-bond acceptors (Lipinski definition) is 3. The highest BCUT2D eigenvalue weighted by molar-refractivity contribution is 5.80. The summed E-state index contributed by atoms with van der Waals surface area (Å²) in [5, 5.41) is 6.77. The zero-order valence-electron chi connectivity index (χ0n) is 9.34. The van der Waals surface area contributed by atoms with Crippen LogP contribution in [-0.4, -0.2) is 25.6 Å². The first-order valence-corrected chi connectivity index (χ1v) is 6.45. The maximum Gasteiger partial charge on any atom is 0.191 e. The Hall–Kier alpha value is -0.730. The highest BCUT2D eigenvalue weighted by Gasteiger charge is 2.44. The second kappa shape index (κ2) is 4.03. The summed E-state index contributed by atoms with van der Waals surface area (Å²) in [6.07, 6.45) is 7.13. The first-order valence-electron chi connectivity index (χ1n) is 6.45. The largest absolute Gasteiger partial charge is 0.356 e. The Morgan fingerprint density at radius 3 is 2.93 bits per heavy atom. The van der Waals surface area contributed by atoms with Crippen molar-refractivity contribution >= 4 is 5.96 Å². The average molecular weight is 207 g/mol. The summed E-state index contributed by atoms with van der Waals surface area (Å²) in [5.41, 5.74) is 0. The molecule has 0 aromatic rings. The highest BCUT2D eigenvalue weighted by Crippen LogP contribution is 2.51. The van der Waals surface area contributed by atoms with Crippen LogP contribution in [-0.2, 0) is 0 Å². The molecule has 2 saturated carbocycles. The fourth-order valence-electron chi connectivity index (χ4n) is 2.83. The molecule has 1 aliphatic heterocycles. The van der Waals surface area contributed by atoms with Crippen LogP contribution in [0.15, 0.2) is 4.99 Å². The van der Waals surface area contributed by atoms with Crippen molar-refractivity contribution in [3.8, 4) is 0 Å². The Bertz CT molecular complexity index is 258. The molecule has 0 saturated heterocycles. The van der Waals surface area contributed by atoms with Crippen molar-refractivity contribution in [2.75, 3.05) is 19.6 Å². The maximum absolute atomic E-state index is 4.43. The van der Waals surface area contributed by atoms with Gasteiger partial charge in [-0.05, 0) is 30.6 Å². The van der Waals surface area contributed by atoms with E-state index in [0.717, 1.165) is 43.3 Å². The van der Waals surface area contributed by atoms with Crippen LogP contribution in [0.5, 0.6) is 0 Å². The highest BCUT2D eigenvalue weighted by atomic mass is 15.2. The lowest BCUT2D eigenvalue weighted by atomic mass is 9.81. The molecule has 0 unspecified atom stereocenters. The fourth-order valence-corrected chi connectivity index (χ4v) is 2.83. The standard InChI is InChI=1S/C12H21N3/c1-3-9(4-1)11-7-10(11)8-15-12-13-5-2-6-14-12/h9-11H,1-8H2,(H2,13,14,15)/t10-,11-/m0/s1. The molecule has 84 valence electrons. The Labute approximate surface area is 91.7 Å². The van der Waals surface area contributed by atoms with E-state index in [2.05, 4.69) is 15.6 Å². The van der Waals surface area contributed by atoms with Crippen LogP contribution < -0.4 is 10.6 Å². The molecule has 1 heterocycles. The Morgan fingerprint density at radius 2 is 2.27 bits per heavy atom. The van der Waals surface area contributed by atoms with Gasteiger partial charge in [0.15, 0.2) is 5.96 Å². The van der Waals surface area contributed by atoms with E-state index >= 15 is 0 Å². The van der Waals surface area contributed by atoms with Crippen LogP contribution in [0, 0.1) is 17.8 Å². The van der Waals surface area contributed by atoms with Gasteiger partial charge in [0.2, 0.25) is 0 Å². The second-order valence-corrected chi connectivity index (χ2v) is 5.24. The zero-order valence-corrected chi connectivity index (χ0v) is 9.34. The SMILES string of the molecule is C1CN=C(NC[C@@H]2C[C@H]2C2CCC2)NC1. The van der Waals surface area contributed by atoms with Gasteiger partial charge in [-0.2, -0.15) is 0 Å². The van der Waals surface area contributed by atoms with Crippen LogP contribution >= 0.6 is 0 Å². The van der Waals surface area contributed by atoms with Gasteiger partial charge in [-0.3, -0.25) is 4.99 Å². The summed E-state index contributed by atoms with van der Waals surface area (Å²) in [6, 6.07) is 0. The monoisotopic (exact) mass is 207 g/mol. The van der Waals surface area contributed by atoms with Crippen molar-refractivity contribution in [1.82, 2.24) is 10.6 Å². The molecule has 3 nitrogen and oxygen atoms in total. The molecule has 0 amide bonds. The van der Waals surface area contributed by atoms with E-state index in [1.165, 1.54) is 32.1 Å². The fraction of sp³-hybridized carbons (Fsp3) is 0.917. The lowest BCUT2D eigenvalue weighted by molar-refractivity contribution is 0.265. The van der Waals surface area contributed by atoms with E-state index in [9.17, 15) is 0 Å². The molecule has 2 aliphatic carbocycles. The second-order valence-electron chi connectivity index (χ2n) is 5.24. The van der Waals surface area contributed by atoms with Crippen molar-refractivity contribution in [3.05, 3.63) is 0 Å². The quantitative estimate of drug-likeness (QED) is 0.733. The van der Waals surface area contributed by atoms with Gasteiger partial charge in [0, 0.05) is 19.6 Å². The molecule has 3 heteroatoms. The Kier molecular flexibility index (Phi) is 2.55. The van der Waals surface area contributed by atoms with Crippen molar-refractivity contribution in [2.45, 2.75) is 32.1 Å². The smallest absolute Gasteiger partial charge is 0.191 e. The first kappa shape index (κ1) is 9.49. The van der Waals surface area contributed by atoms with Crippen molar-refractivity contribution in [1.29, 1.82) is 0 Å². The molecule has 2 atom stereocenters. The molecule has 15 heavy (non-hydrogen) atoms. The van der Waals surface area contributed by atoms with Gasteiger partial charge in [0.1, 0.15) is 0 Å². The summed E-state index contributed by atoms with van der Waals surface area (Å²) < 4.78 is 0. The summed E-state index contributed by atoms with van der Waals surface area (Å²) in [6.45, 7) is 3.22. The Morgan fingerprint density at radius 1 is 1.33 bits per heavy atom. The summed E-state index contributed by atoms with van der Waals surface area (Å²) in [5.74, 6) is 4.12. The third-order valence-corrected chi connectivity index (χ3v) is 4.16. The number of guanidine groups is 1. The minimum Gasteiger partial charge on any atom is -0.356 e. The number of nitrogens with one attached hydrogen (secondary N) is 2. The molecule has 0 spiro atoms. The van der Waals surface area contributed by atoms with Crippen LogP contribution in [0.4, 0.5) is 0 Å². The van der Waals surface area contributed by atoms with Gasteiger partial charge in [-0.15, -0.1) is 0 Å². The Balaban J connectivity index is 1.38. The zero-order chi connectivity index (χ0) is 10.1. The number of aliphatic imine (C=N–C) groups is 1. The molecular formula is C12H21N3. The average Bonchev–Trinajstić information content (AvgIpc) is 2.93. The van der Waals surface area contributed by atoms with E-state index in [0.29, 0.717) is 0 Å². The normalized spacial score (nSPS) is 35.1. The van der Waals surface area contributed by atoms with E-state index < -0.39 is 0 Å². The third kappa shape index (κ3) is 2.11. The van der Waals surface area contributed by atoms with Crippen molar-refractivity contribution < 1.29 is 0 Å². The van der Waals surface area contributed by atoms with Gasteiger partial charge >= 0.3 is 0 Å². The third-order valence-electron chi connectivity index (χ3n) is 4.16. The van der Waals surface area contributed by atoms with Crippen LogP contribution in [0.3, 0.4) is 0 Å². The number of nitrogens with zero attached hydrogens (tertiary/aromatic N) is 1. The molecule has 0 aromatic heterocycles. The molecule has 2 fully saturated rings. The predicted molar refractivity (Wildman–Crippen MR) is 61.9 cm³/mol. The summed E-state index contributed by atoms with van der Waals surface area (Å²) >= 11 is 0. The van der Waals surface area contributed by atoms with Gasteiger partial charge < -0.3 is 10.6 Å². The van der Waals surface area contributed by atoms with Crippen molar-refractivity contribution in [3.63, 3.8) is 0 Å². The van der Waals surface area contributed by atoms with Gasteiger partial charge in [0.05, 0.1) is 0 Å². The number of hydrogen-bond donors (Lipinski definition) is 2. The molecule has 2 N–H and O–H groups in total. The van der Waals surface area contributed by atoms with Gasteiger partial charge in [0.25, 0.3) is 0 Å². The number of rotatable bonds is 3. The van der Waals surface area contributed by atoms with Gasteiger partial charge in [-0.1, -0.05) is 19.3 Å². The predicted octanol–water partition coefficient (Wildman–Crippen LogP) is 1.36.